The summed E-state index contributed by atoms with van der Waals surface area (Å²) in [5, 5.41) is 6.50. The van der Waals surface area contributed by atoms with Gasteiger partial charge in [-0.3, -0.25) is 5.10 Å². The summed E-state index contributed by atoms with van der Waals surface area (Å²) in [5.41, 5.74) is 6.95. The summed E-state index contributed by atoms with van der Waals surface area (Å²) < 4.78 is 0. The molecule has 3 N–H and O–H groups in total. The highest BCUT2D eigenvalue weighted by Crippen LogP contribution is 2.13. The van der Waals surface area contributed by atoms with E-state index in [0.717, 1.165) is 5.56 Å². The molecule has 0 amide bonds. The molecule has 4 heteroatoms. The maximum absolute atomic E-state index is 5.93. The quantitative estimate of drug-likeness (QED) is 0.709. The van der Waals surface area contributed by atoms with Crippen LogP contribution in [0.5, 0.6) is 0 Å². The smallest absolute Gasteiger partial charge is 0.145 e. The molecule has 2 aromatic rings. The van der Waals surface area contributed by atoms with Crippen LogP contribution in [0.2, 0.25) is 0 Å². The average Bonchev–Trinajstić information content (AvgIpc) is 2.71. The molecule has 4 nitrogen and oxygen atoms in total. The lowest BCUT2D eigenvalue weighted by molar-refractivity contribution is 0.787. The molecule has 66 valence electrons. The third-order valence-corrected chi connectivity index (χ3v) is 1.89. The van der Waals surface area contributed by atoms with E-state index in [-0.39, 0.29) is 6.04 Å². The summed E-state index contributed by atoms with van der Waals surface area (Å²) in [6.45, 7) is 0. The maximum atomic E-state index is 5.93. The van der Waals surface area contributed by atoms with Gasteiger partial charge in [0.05, 0.1) is 6.04 Å². The molecule has 0 aliphatic carbocycles. The van der Waals surface area contributed by atoms with Crippen molar-refractivity contribution >= 4 is 0 Å². The van der Waals surface area contributed by atoms with Crippen molar-refractivity contribution in [1.29, 1.82) is 0 Å². The highest BCUT2D eigenvalue weighted by molar-refractivity contribution is 5.23. The standard InChI is InChI=1S/C9H10N4/c10-8(9-11-6-12-13-9)7-4-2-1-3-5-7/h1-6,8H,10H2,(H,11,12,13). The van der Waals surface area contributed by atoms with Crippen LogP contribution in [-0.4, -0.2) is 15.2 Å². The van der Waals surface area contributed by atoms with Crippen LogP contribution in [0, 0.1) is 0 Å². The normalized spacial score (nSPS) is 12.7. The van der Waals surface area contributed by atoms with Crippen molar-refractivity contribution in [1.82, 2.24) is 15.2 Å². The third kappa shape index (κ3) is 1.57. The van der Waals surface area contributed by atoms with Gasteiger partial charge >= 0.3 is 0 Å². The number of hydrogen-bond acceptors (Lipinski definition) is 3. The minimum absolute atomic E-state index is 0.219. The zero-order valence-electron chi connectivity index (χ0n) is 7.01. The number of aromatic nitrogens is 3. The first-order chi connectivity index (χ1) is 6.38. The summed E-state index contributed by atoms with van der Waals surface area (Å²) >= 11 is 0. The lowest BCUT2D eigenvalue weighted by Crippen LogP contribution is -2.13. The molecule has 0 aliphatic heterocycles. The van der Waals surface area contributed by atoms with Gasteiger partial charge in [0.2, 0.25) is 0 Å². The van der Waals surface area contributed by atoms with E-state index in [1.165, 1.54) is 6.33 Å². The molecule has 1 aromatic heterocycles. The van der Waals surface area contributed by atoms with Crippen molar-refractivity contribution in [2.45, 2.75) is 6.04 Å². The minimum atomic E-state index is -0.219. The van der Waals surface area contributed by atoms with Crippen LogP contribution in [0.25, 0.3) is 0 Å². The highest BCUT2D eigenvalue weighted by Gasteiger charge is 2.09. The van der Waals surface area contributed by atoms with Crippen LogP contribution in [0.3, 0.4) is 0 Å². The van der Waals surface area contributed by atoms with Crippen molar-refractivity contribution in [2.75, 3.05) is 0 Å². The molecular weight excluding hydrogens is 164 g/mol. The van der Waals surface area contributed by atoms with Gasteiger partial charge in [0.15, 0.2) is 0 Å². The van der Waals surface area contributed by atoms with Gasteiger partial charge < -0.3 is 5.73 Å². The SMILES string of the molecule is NC(c1ccccc1)c1ncn[nH]1. The van der Waals surface area contributed by atoms with Gasteiger partial charge in [-0.1, -0.05) is 30.3 Å². The topological polar surface area (TPSA) is 67.6 Å². The fraction of sp³-hybridized carbons (Fsp3) is 0.111. The van der Waals surface area contributed by atoms with Crippen molar-refractivity contribution in [3.8, 4) is 0 Å². The van der Waals surface area contributed by atoms with Gasteiger partial charge in [-0.15, -0.1) is 0 Å². The van der Waals surface area contributed by atoms with E-state index in [2.05, 4.69) is 15.2 Å². The molecule has 0 aliphatic rings. The summed E-state index contributed by atoms with van der Waals surface area (Å²) in [5.74, 6) is 0.686. The second-order valence-corrected chi connectivity index (χ2v) is 2.76. The van der Waals surface area contributed by atoms with Gasteiger partial charge in [-0.2, -0.15) is 5.10 Å². The number of nitrogens with one attached hydrogen (secondary N) is 1. The number of aromatic amines is 1. The number of hydrogen-bond donors (Lipinski definition) is 2. The van der Waals surface area contributed by atoms with E-state index in [0.29, 0.717) is 5.82 Å². The minimum Gasteiger partial charge on any atom is -0.318 e. The Kier molecular flexibility index (Phi) is 2.06. The number of nitrogens with two attached hydrogens (primary N) is 1. The third-order valence-electron chi connectivity index (χ3n) is 1.89. The van der Waals surface area contributed by atoms with Crippen LogP contribution in [0.4, 0.5) is 0 Å². The first kappa shape index (κ1) is 7.94. The van der Waals surface area contributed by atoms with Crippen LogP contribution >= 0.6 is 0 Å². The van der Waals surface area contributed by atoms with Gasteiger partial charge in [0, 0.05) is 0 Å². The first-order valence-corrected chi connectivity index (χ1v) is 4.03. The maximum Gasteiger partial charge on any atom is 0.145 e. The number of nitrogens with zero attached hydrogens (tertiary/aromatic N) is 2. The zero-order chi connectivity index (χ0) is 9.10. The monoisotopic (exact) mass is 174 g/mol. The van der Waals surface area contributed by atoms with Gasteiger partial charge in [0.1, 0.15) is 12.2 Å². The first-order valence-electron chi connectivity index (χ1n) is 4.03. The Balaban J connectivity index is 2.29. The molecule has 0 fully saturated rings. The fourth-order valence-electron chi connectivity index (χ4n) is 1.18. The summed E-state index contributed by atoms with van der Waals surface area (Å²) in [6.07, 6.45) is 1.46. The van der Waals surface area contributed by atoms with E-state index >= 15 is 0 Å². The Morgan fingerprint density at radius 3 is 2.62 bits per heavy atom. The Labute approximate surface area is 75.8 Å². The molecular formula is C9H10N4. The van der Waals surface area contributed by atoms with E-state index < -0.39 is 0 Å². The number of H-pyrrole nitrogens is 1. The molecule has 0 spiro atoms. The molecule has 13 heavy (non-hydrogen) atoms. The van der Waals surface area contributed by atoms with Crippen molar-refractivity contribution in [3.05, 3.63) is 48.0 Å². The van der Waals surface area contributed by atoms with Gasteiger partial charge in [0.25, 0.3) is 0 Å². The summed E-state index contributed by atoms with van der Waals surface area (Å²) in [7, 11) is 0. The van der Waals surface area contributed by atoms with Crippen LogP contribution < -0.4 is 5.73 Å². The Hall–Kier alpha value is -1.68. The van der Waals surface area contributed by atoms with Crippen molar-refractivity contribution in [2.24, 2.45) is 5.73 Å². The predicted octanol–water partition coefficient (Wildman–Crippen LogP) is 0.853. The van der Waals surface area contributed by atoms with E-state index in [9.17, 15) is 0 Å². The lowest BCUT2D eigenvalue weighted by atomic mass is 10.1. The molecule has 2 rings (SSSR count). The van der Waals surface area contributed by atoms with Crippen LogP contribution in [-0.2, 0) is 0 Å². The molecule has 0 saturated carbocycles. The summed E-state index contributed by atoms with van der Waals surface area (Å²) in [4.78, 5) is 4.00. The largest absolute Gasteiger partial charge is 0.318 e. The Morgan fingerprint density at radius 2 is 2.00 bits per heavy atom. The molecule has 1 atom stereocenters. The Morgan fingerprint density at radius 1 is 1.23 bits per heavy atom. The number of benzene rings is 1. The Bertz CT molecular complexity index is 354. The van der Waals surface area contributed by atoms with Crippen LogP contribution in [0.1, 0.15) is 17.4 Å². The molecule has 0 radical (unpaired) electrons. The van der Waals surface area contributed by atoms with Gasteiger partial charge in [-0.05, 0) is 5.56 Å². The van der Waals surface area contributed by atoms with Gasteiger partial charge in [-0.25, -0.2) is 4.98 Å². The zero-order valence-corrected chi connectivity index (χ0v) is 7.01. The van der Waals surface area contributed by atoms with Crippen molar-refractivity contribution in [3.63, 3.8) is 0 Å². The second kappa shape index (κ2) is 3.37. The highest BCUT2D eigenvalue weighted by atomic mass is 15.2. The van der Waals surface area contributed by atoms with Crippen molar-refractivity contribution < 1.29 is 0 Å². The molecule has 1 aromatic carbocycles. The lowest BCUT2D eigenvalue weighted by Gasteiger charge is -2.07. The van der Waals surface area contributed by atoms with E-state index in [1.807, 2.05) is 30.3 Å². The molecule has 1 unspecified atom stereocenters. The predicted molar refractivity (Wildman–Crippen MR) is 48.9 cm³/mol. The average molecular weight is 174 g/mol. The molecule has 1 heterocycles. The molecule has 0 bridgehead atoms. The fourth-order valence-corrected chi connectivity index (χ4v) is 1.18. The second-order valence-electron chi connectivity index (χ2n) is 2.76. The van der Waals surface area contributed by atoms with E-state index in [1.54, 1.807) is 0 Å². The molecule has 0 saturated heterocycles. The van der Waals surface area contributed by atoms with E-state index in [4.69, 9.17) is 5.73 Å². The van der Waals surface area contributed by atoms with Crippen LogP contribution in [0.15, 0.2) is 36.7 Å². The number of rotatable bonds is 2. The summed E-state index contributed by atoms with van der Waals surface area (Å²) in [6, 6.07) is 9.57.